The van der Waals surface area contributed by atoms with Crippen molar-refractivity contribution >= 4 is 57.7 Å². The predicted molar refractivity (Wildman–Crippen MR) is 173 cm³/mol. The van der Waals surface area contributed by atoms with Crippen molar-refractivity contribution in [2.75, 3.05) is 67.9 Å². The molecule has 2 aliphatic heterocycles. The fourth-order valence-corrected chi connectivity index (χ4v) is 6.26. The molecule has 2 saturated heterocycles. The molecule has 0 unspecified atom stereocenters. The summed E-state index contributed by atoms with van der Waals surface area (Å²) in [5.41, 5.74) is 0.535. The number of nitrogen functional groups attached to an aromatic ring is 1. The number of ether oxygens (including phenoxy) is 1. The molecule has 1 amide bonds. The van der Waals surface area contributed by atoms with Crippen molar-refractivity contribution < 1.29 is 27.1 Å². The highest BCUT2D eigenvalue weighted by molar-refractivity contribution is 6.37. The van der Waals surface area contributed by atoms with E-state index in [1.54, 1.807) is 25.7 Å². The fraction of sp³-hybridized carbons (Fsp3) is 0.533. The molecule has 4 heterocycles. The molecule has 11 nitrogen and oxygen atoms in total. The Hall–Kier alpha value is -3.56. The number of nitrogens with zero attached hydrogens (tertiary/aromatic N) is 7. The number of nitrogens with two attached hydrogens (primary N) is 1. The lowest BCUT2D eigenvalue weighted by Crippen LogP contribution is -2.60. The second-order valence-corrected chi connectivity index (χ2v) is 13.2. The first kappa shape index (κ1) is 34.8. The summed E-state index contributed by atoms with van der Waals surface area (Å²) in [6.07, 6.45) is -5.67. The van der Waals surface area contributed by atoms with E-state index in [9.17, 15) is 22.8 Å². The smallest absolute Gasteiger partial charge is 0.431 e. The number of pyridine rings is 1. The number of benzene rings is 1. The van der Waals surface area contributed by atoms with Crippen molar-refractivity contribution in [3.05, 3.63) is 44.0 Å². The van der Waals surface area contributed by atoms with E-state index in [1.165, 1.54) is 4.90 Å². The topological polar surface area (TPSA) is 113 Å². The first-order valence-corrected chi connectivity index (χ1v) is 15.9. The molecule has 2 N–H and O–H groups in total. The number of amides is 1. The molecule has 0 bridgehead atoms. The molecule has 2 fully saturated rings. The average Bonchev–Trinajstić information content (AvgIpc) is 2.97. The number of halogens is 6. The van der Waals surface area contributed by atoms with Gasteiger partial charge in [-0.15, -0.1) is 0 Å². The first-order chi connectivity index (χ1) is 21.9. The van der Waals surface area contributed by atoms with Crippen molar-refractivity contribution in [2.45, 2.75) is 52.4 Å². The minimum absolute atomic E-state index is 0.0763. The van der Waals surface area contributed by atoms with Gasteiger partial charge in [-0.1, -0.05) is 37.0 Å². The zero-order chi connectivity index (χ0) is 34.6. The number of rotatable bonds is 6. The minimum Gasteiger partial charge on any atom is -0.444 e. The molecule has 17 heteroatoms. The Morgan fingerprint density at radius 1 is 1.02 bits per heavy atom. The van der Waals surface area contributed by atoms with Gasteiger partial charge in [0.2, 0.25) is 5.95 Å². The molecule has 47 heavy (non-hydrogen) atoms. The molecule has 2 aliphatic rings. The number of hydrogen-bond acceptors (Lipinski definition) is 9. The van der Waals surface area contributed by atoms with Crippen LogP contribution in [-0.4, -0.2) is 94.4 Å². The number of fused-ring (bicyclic) bond motifs is 1. The summed E-state index contributed by atoms with van der Waals surface area (Å²) >= 11 is 12.0. The van der Waals surface area contributed by atoms with Gasteiger partial charge in [0.15, 0.2) is 5.82 Å². The lowest BCUT2D eigenvalue weighted by atomic mass is 10.1. The molecular formula is C30H36Cl2F4N8O3. The van der Waals surface area contributed by atoms with Crippen LogP contribution in [0.1, 0.15) is 40.3 Å². The van der Waals surface area contributed by atoms with Gasteiger partial charge in [-0.3, -0.25) is 14.3 Å². The van der Waals surface area contributed by atoms with Gasteiger partial charge in [0.05, 0.1) is 21.1 Å². The fourth-order valence-electron chi connectivity index (χ4n) is 5.80. The quantitative estimate of drug-likeness (QED) is 0.205. The average molecular weight is 704 g/mol. The third-order valence-corrected chi connectivity index (χ3v) is 8.83. The lowest BCUT2D eigenvalue weighted by molar-refractivity contribution is -0.142. The molecular weight excluding hydrogens is 667 g/mol. The predicted octanol–water partition coefficient (Wildman–Crippen LogP) is 5.42. The largest absolute Gasteiger partial charge is 0.444 e. The summed E-state index contributed by atoms with van der Waals surface area (Å²) in [4.78, 5) is 43.2. The number of carbonyl (C=O) groups excluding carboxylic acids is 1. The van der Waals surface area contributed by atoms with Crippen LogP contribution in [0.5, 0.6) is 0 Å². The van der Waals surface area contributed by atoms with E-state index < -0.39 is 51.3 Å². The van der Waals surface area contributed by atoms with E-state index in [1.807, 2.05) is 18.7 Å². The Kier molecular flexibility index (Phi) is 9.47. The van der Waals surface area contributed by atoms with Crippen molar-refractivity contribution in [2.24, 2.45) is 0 Å². The number of aromatic nitrogens is 3. The highest BCUT2D eigenvalue weighted by Crippen LogP contribution is 2.39. The van der Waals surface area contributed by atoms with Crippen molar-refractivity contribution in [3.63, 3.8) is 0 Å². The summed E-state index contributed by atoms with van der Waals surface area (Å²) in [5.74, 6) is -1.14. The molecule has 2 aromatic heterocycles. The van der Waals surface area contributed by atoms with Crippen LogP contribution in [0, 0.1) is 5.82 Å². The Morgan fingerprint density at radius 2 is 1.64 bits per heavy atom. The number of anilines is 3. The molecule has 5 rings (SSSR count). The van der Waals surface area contributed by atoms with Crippen LogP contribution in [0.15, 0.2) is 16.9 Å². The van der Waals surface area contributed by atoms with E-state index in [-0.39, 0.29) is 64.5 Å². The maximum Gasteiger partial charge on any atom is 0.431 e. The van der Waals surface area contributed by atoms with Crippen LogP contribution in [0.3, 0.4) is 0 Å². The van der Waals surface area contributed by atoms with E-state index in [0.717, 1.165) is 19.2 Å². The molecule has 0 saturated carbocycles. The Bertz CT molecular complexity index is 1720. The van der Waals surface area contributed by atoms with Crippen LogP contribution in [0.4, 0.5) is 39.8 Å². The van der Waals surface area contributed by atoms with E-state index in [0.29, 0.717) is 19.2 Å². The van der Waals surface area contributed by atoms with Gasteiger partial charge in [-0.2, -0.15) is 18.2 Å². The number of alkyl halides is 3. The SMILES string of the molecule is CCN(CC)C1CN(c2nc(N3CCN(C(=O)OC(C)(C)C)CC3)c3cc(C(F)(F)F)n(-c4c(N)c(Cl)cc(Cl)c4F)c(=O)c3n2)C1. The van der Waals surface area contributed by atoms with Crippen LogP contribution in [-0.2, 0) is 10.9 Å². The Labute approximate surface area is 278 Å². The van der Waals surface area contributed by atoms with Crippen LogP contribution < -0.4 is 21.1 Å². The van der Waals surface area contributed by atoms with E-state index >= 15 is 4.39 Å². The monoisotopic (exact) mass is 702 g/mol. The second kappa shape index (κ2) is 12.8. The van der Waals surface area contributed by atoms with Crippen LogP contribution in [0.25, 0.3) is 16.6 Å². The third kappa shape index (κ3) is 6.74. The molecule has 1 aromatic carbocycles. The van der Waals surface area contributed by atoms with Crippen molar-refractivity contribution in [1.29, 1.82) is 0 Å². The van der Waals surface area contributed by atoms with Gasteiger partial charge in [0.25, 0.3) is 5.56 Å². The summed E-state index contributed by atoms with van der Waals surface area (Å²) in [6.45, 7) is 12.8. The number of likely N-dealkylation sites (N-methyl/N-ethyl adjacent to an activating group) is 1. The highest BCUT2D eigenvalue weighted by Gasteiger charge is 2.40. The van der Waals surface area contributed by atoms with Crippen molar-refractivity contribution in [1.82, 2.24) is 24.3 Å². The summed E-state index contributed by atoms with van der Waals surface area (Å²) in [5, 5.41) is -1.14. The summed E-state index contributed by atoms with van der Waals surface area (Å²) < 4.78 is 65.1. The van der Waals surface area contributed by atoms with Gasteiger partial charge < -0.3 is 25.2 Å². The third-order valence-electron chi connectivity index (χ3n) is 8.24. The summed E-state index contributed by atoms with van der Waals surface area (Å²) in [7, 11) is 0. The second-order valence-electron chi connectivity index (χ2n) is 12.4. The van der Waals surface area contributed by atoms with Crippen LogP contribution >= 0.6 is 23.2 Å². The molecule has 0 radical (unpaired) electrons. The number of hydrogen-bond donors (Lipinski definition) is 1. The molecule has 3 aromatic rings. The van der Waals surface area contributed by atoms with Gasteiger partial charge in [0, 0.05) is 45.3 Å². The first-order valence-electron chi connectivity index (χ1n) is 15.1. The Balaban J connectivity index is 1.68. The molecule has 0 aliphatic carbocycles. The van der Waals surface area contributed by atoms with Gasteiger partial charge >= 0.3 is 12.3 Å². The van der Waals surface area contributed by atoms with Gasteiger partial charge in [0.1, 0.15) is 28.3 Å². The number of carbonyl (C=O) groups is 1. The maximum absolute atomic E-state index is 15.4. The number of piperazine rings is 1. The zero-order valence-corrected chi connectivity index (χ0v) is 28.1. The van der Waals surface area contributed by atoms with E-state index in [2.05, 4.69) is 14.9 Å². The van der Waals surface area contributed by atoms with Crippen LogP contribution in [0.2, 0.25) is 10.0 Å². The molecule has 256 valence electrons. The maximum atomic E-state index is 15.4. The summed E-state index contributed by atoms with van der Waals surface area (Å²) in [6, 6.07) is 1.85. The lowest BCUT2D eigenvalue weighted by Gasteiger charge is -2.45. The normalized spacial score (nSPS) is 16.3. The highest BCUT2D eigenvalue weighted by atomic mass is 35.5. The van der Waals surface area contributed by atoms with Gasteiger partial charge in [-0.25, -0.2) is 14.2 Å². The minimum atomic E-state index is -5.15. The van der Waals surface area contributed by atoms with Crippen molar-refractivity contribution in [3.8, 4) is 5.69 Å². The van der Waals surface area contributed by atoms with Gasteiger partial charge in [-0.05, 0) is 46.0 Å². The molecule has 0 atom stereocenters. The standard InChI is InChI=1S/C30H36Cl2F4N8O3/c1-6-40(7-2)16-14-43(15-16)27-38-23-17(25(39-27)41-8-10-42(11-9-41)28(46)47-29(3,4)5)12-20(30(34,35)36)44(26(23)45)24-21(33)18(31)13-19(32)22(24)37/h12-13,16H,6-11,14-15,37H2,1-5H3. The zero-order valence-electron chi connectivity index (χ0n) is 26.6. The Morgan fingerprint density at radius 3 is 2.19 bits per heavy atom. The van der Waals surface area contributed by atoms with E-state index in [4.69, 9.17) is 33.7 Å². The molecule has 0 spiro atoms.